The van der Waals surface area contributed by atoms with Crippen molar-refractivity contribution in [1.82, 2.24) is 21.3 Å². The van der Waals surface area contributed by atoms with Crippen molar-refractivity contribution in [1.29, 1.82) is 0 Å². The molecule has 0 spiro atoms. The quantitative estimate of drug-likeness (QED) is 0.0719. The average Bonchev–Trinajstić information content (AvgIpc) is 3.66. The third-order valence-electron chi connectivity index (χ3n) is 9.44. The van der Waals surface area contributed by atoms with Crippen LogP contribution in [0.4, 0.5) is 0 Å². The van der Waals surface area contributed by atoms with Gasteiger partial charge < -0.3 is 41.0 Å². The molecule has 0 saturated heterocycles. The first-order valence-corrected chi connectivity index (χ1v) is 17.6. The van der Waals surface area contributed by atoms with Gasteiger partial charge in [0.2, 0.25) is 0 Å². The highest BCUT2D eigenvalue weighted by atomic mass is 16.5. The van der Waals surface area contributed by atoms with Crippen LogP contribution in [-0.4, -0.2) is 74.9 Å². The standard InChI is InChI=1S/C42H46N4O4/c47-29(25-43-21-23-45-41-37-13-5-1-9-33(37)34-10-2-6-14-38(34)41)27-49-31-17-19-32(20-18-31)50-28-30(48)26-44-22-24-46-42-39-15-7-3-11-35(39)36-12-4-8-16-40(36)42/h1-20,29-30,41-48H,21-28H2. The van der Waals surface area contributed by atoms with Gasteiger partial charge in [-0.3, -0.25) is 0 Å². The van der Waals surface area contributed by atoms with Crippen LogP contribution >= 0.6 is 0 Å². The fourth-order valence-corrected chi connectivity index (χ4v) is 7.03. The van der Waals surface area contributed by atoms with E-state index in [1.54, 1.807) is 0 Å². The third kappa shape index (κ3) is 7.92. The van der Waals surface area contributed by atoms with Gasteiger partial charge in [-0.15, -0.1) is 0 Å². The first-order chi connectivity index (χ1) is 24.7. The number of rotatable bonds is 18. The van der Waals surface area contributed by atoms with Crippen LogP contribution in [0.5, 0.6) is 11.5 Å². The molecule has 0 amide bonds. The Morgan fingerprint density at radius 2 is 0.760 bits per heavy atom. The lowest BCUT2D eigenvalue weighted by atomic mass is 10.1. The molecule has 0 aromatic heterocycles. The molecule has 5 aromatic carbocycles. The first-order valence-electron chi connectivity index (χ1n) is 17.6. The molecule has 0 fully saturated rings. The van der Waals surface area contributed by atoms with Crippen molar-refractivity contribution >= 4 is 0 Å². The molecule has 2 aliphatic rings. The van der Waals surface area contributed by atoms with Crippen molar-refractivity contribution in [2.75, 3.05) is 52.5 Å². The van der Waals surface area contributed by atoms with E-state index >= 15 is 0 Å². The maximum Gasteiger partial charge on any atom is 0.119 e. The highest BCUT2D eigenvalue weighted by Gasteiger charge is 2.28. The van der Waals surface area contributed by atoms with Gasteiger partial charge >= 0.3 is 0 Å². The van der Waals surface area contributed by atoms with Gasteiger partial charge in [-0.25, -0.2) is 0 Å². The number of nitrogens with one attached hydrogen (secondary N) is 4. The molecule has 5 aromatic rings. The first kappa shape index (κ1) is 33.9. The summed E-state index contributed by atoms with van der Waals surface area (Å²) in [5, 5.41) is 34.9. The maximum atomic E-state index is 10.4. The second-order valence-electron chi connectivity index (χ2n) is 12.9. The lowest BCUT2D eigenvalue weighted by molar-refractivity contribution is 0.104. The summed E-state index contributed by atoms with van der Waals surface area (Å²) in [4.78, 5) is 0. The second-order valence-corrected chi connectivity index (χ2v) is 12.9. The van der Waals surface area contributed by atoms with Crippen molar-refractivity contribution in [2.24, 2.45) is 0 Å². The molecule has 8 heteroatoms. The molecule has 7 rings (SSSR count). The van der Waals surface area contributed by atoms with Crippen molar-refractivity contribution in [3.05, 3.63) is 144 Å². The predicted octanol–water partition coefficient (Wildman–Crippen LogP) is 5.06. The summed E-state index contributed by atoms with van der Waals surface area (Å²) >= 11 is 0. The number of fused-ring (bicyclic) bond motifs is 6. The monoisotopic (exact) mass is 670 g/mol. The molecule has 2 atom stereocenters. The highest BCUT2D eigenvalue weighted by Crippen LogP contribution is 2.44. The van der Waals surface area contributed by atoms with Crippen molar-refractivity contribution in [3.8, 4) is 33.8 Å². The molecular formula is C42H46N4O4. The SMILES string of the molecule is OC(CNCCNC1c2ccccc2-c2ccccc21)COc1ccc(OCC(O)CNCCNC2c3ccccc3-c3ccccc32)cc1. The van der Waals surface area contributed by atoms with Crippen LogP contribution in [0.1, 0.15) is 34.3 Å². The van der Waals surface area contributed by atoms with Gasteiger partial charge in [0.1, 0.15) is 36.9 Å². The van der Waals surface area contributed by atoms with Gasteiger partial charge in [-0.1, -0.05) is 97.1 Å². The summed E-state index contributed by atoms with van der Waals surface area (Å²) in [6, 6.07) is 41.8. The van der Waals surface area contributed by atoms with Crippen LogP contribution in [0.25, 0.3) is 22.3 Å². The van der Waals surface area contributed by atoms with E-state index in [2.05, 4.69) is 118 Å². The third-order valence-corrected chi connectivity index (χ3v) is 9.44. The number of hydrogen-bond acceptors (Lipinski definition) is 8. The van der Waals surface area contributed by atoms with E-state index < -0.39 is 12.2 Å². The zero-order chi connectivity index (χ0) is 34.1. The summed E-state index contributed by atoms with van der Waals surface area (Å²) < 4.78 is 11.6. The second kappa shape index (κ2) is 16.4. The summed E-state index contributed by atoms with van der Waals surface area (Å²) in [6.45, 7) is 4.24. The number of ether oxygens (including phenoxy) is 2. The van der Waals surface area contributed by atoms with Crippen molar-refractivity contribution < 1.29 is 19.7 Å². The van der Waals surface area contributed by atoms with E-state index in [-0.39, 0.29) is 25.3 Å². The van der Waals surface area contributed by atoms with Crippen LogP contribution in [0.15, 0.2) is 121 Å². The van der Waals surface area contributed by atoms with Gasteiger partial charge in [0.15, 0.2) is 0 Å². The van der Waals surface area contributed by atoms with Crippen molar-refractivity contribution in [3.63, 3.8) is 0 Å². The number of aliphatic hydroxyl groups is 2. The van der Waals surface area contributed by atoms with E-state index in [0.29, 0.717) is 24.6 Å². The Bertz CT molecular complexity index is 1620. The fraction of sp³-hybridized carbons (Fsp3) is 0.286. The molecule has 8 nitrogen and oxygen atoms in total. The zero-order valence-corrected chi connectivity index (χ0v) is 28.2. The molecule has 2 unspecified atom stereocenters. The molecule has 258 valence electrons. The van der Waals surface area contributed by atoms with Gasteiger partial charge in [0.05, 0.1) is 12.1 Å². The van der Waals surface area contributed by atoms with Crippen molar-refractivity contribution in [2.45, 2.75) is 24.3 Å². The molecule has 2 aliphatic carbocycles. The normalized spacial score (nSPS) is 14.4. The van der Waals surface area contributed by atoms with Gasteiger partial charge in [0, 0.05) is 39.3 Å². The molecule has 50 heavy (non-hydrogen) atoms. The summed E-state index contributed by atoms with van der Waals surface area (Å²) in [5.41, 5.74) is 10.4. The fourth-order valence-electron chi connectivity index (χ4n) is 7.03. The Kier molecular flexibility index (Phi) is 11.2. The molecule has 0 radical (unpaired) electrons. The Morgan fingerprint density at radius 1 is 0.440 bits per heavy atom. The molecule has 0 bridgehead atoms. The lowest BCUT2D eigenvalue weighted by Crippen LogP contribution is -2.36. The Hall–Kier alpha value is -4.54. The van der Waals surface area contributed by atoms with Gasteiger partial charge in [0.25, 0.3) is 0 Å². The molecule has 6 N–H and O–H groups in total. The van der Waals surface area contributed by atoms with E-state index in [1.165, 1.54) is 44.5 Å². The number of hydrogen-bond donors (Lipinski definition) is 6. The Labute approximate surface area is 294 Å². The minimum atomic E-state index is -0.638. The maximum absolute atomic E-state index is 10.4. The number of benzene rings is 5. The Balaban J connectivity index is 0.746. The number of aliphatic hydroxyl groups excluding tert-OH is 2. The van der Waals surface area contributed by atoms with Crippen LogP contribution in [-0.2, 0) is 0 Å². The largest absolute Gasteiger partial charge is 0.491 e. The predicted molar refractivity (Wildman–Crippen MR) is 199 cm³/mol. The lowest BCUT2D eigenvalue weighted by Gasteiger charge is -2.18. The Morgan fingerprint density at radius 3 is 1.10 bits per heavy atom. The zero-order valence-electron chi connectivity index (χ0n) is 28.2. The summed E-state index contributed by atoms with van der Waals surface area (Å²) in [6.07, 6.45) is -1.28. The summed E-state index contributed by atoms with van der Waals surface area (Å²) in [5.74, 6) is 1.30. The van der Waals surface area contributed by atoms with Gasteiger partial charge in [-0.05, 0) is 68.8 Å². The van der Waals surface area contributed by atoms with E-state index in [9.17, 15) is 10.2 Å². The van der Waals surface area contributed by atoms with Gasteiger partial charge in [-0.2, -0.15) is 0 Å². The van der Waals surface area contributed by atoms with E-state index in [1.807, 2.05) is 24.3 Å². The molecule has 0 aliphatic heterocycles. The van der Waals surface area contributed by atoms with Crippen LogP contribution in [0.3, 0.4) is 0 Å². The molecule has 0 heterocycles. The molecular weight excluding hydrogens is 624 g/mol. The van der Waals surface area contributed by atoms with Crippen LogP contribution in [0, 0.1) is 0 Å². The van der Waals surface area contributed by atoms with E-state index in [4.69, 9.17) is 9.47 Å². The highest BCUT2D eigenvalue weighted by molar-refractivity contribution is 5.79. The minimum absolute atomic E-state index is 0.178. The summed E-state index contributed by atoms with van der Waals surface area (Å²) in [7, 11) is 0. The average molecular weight is 671 g/mol. The van der Waals surface area contributed by atoms with Crippen LogP contribution in [0.2, 0.25) is 0 Å². The minimum Gasteiger partial charge on any atom is -0.491 e. The van der Waals surface area contributed by atoms with E-state index in [0.717, 1.165) is 26.2 Å². The topological polar surface area (TPSA) is 107 Å². The van der Waals surface area contributed by atoms with Crippen LogP contribution < -0.4 is 30.7 Å². The molecule has 0 saturated carbocycles. The smallest absolute Gasteiger partial charge is 0.119 e.